The van der Waals surface area contributed by atoms with Crippen molar-refractivity contribution in [3.05, 3.63) is 5.51 Å². The van der Waals surface area contributed by atoms with Crippen LogP contribution in [0.2, 0.25) is 0 Å². The van der Waals surface area contributed by atoms with E-state index in [0.717, 1.165) is 24.6 Å². The topological polar surface area (TPSA) is 55.0 Å². The molecule has 0 amide bonds. The Balaban J connectivity index is 2.08. The molecule has 11 heavy (non-hydrogen) atoms. The normalized spacial score (nSPS) is 24.5. The van der Waals surface area contributed by atoms with Crippen LogP contribution in [0.4, 0.5) is 5.13 Å². The van der Waals surface area contributed by atoms with Gasteiger partial charge in [-0.2, -0.15) is 0 Å². The highest BCUT2D eigenvalue weighted by Gasteiger charge is 2.20. The Morgan fingerprint density at radius 2 is 2.64 bits per heavy atom. The second kappa shape index (κ2) is 2.75. The quantitative estimate of drug-likeness (QED) is 0.648. The van der Waals surface area contributed by atoms with Gasteiger partial charge in [0.1, 0.15) is 5.51 Å². The van der Waals surface area contributed by atoms with E-state index in [1.165, 1.54) is 0 Å². The van der Waals surface area contributed by atoms with Crippen LogP contribution in [0.25, 0.3) is 0 Å². The molecule has 2 rings (SSSR count). The van der Waals surface area contributed by atoms with Gasteiger partial charge in [0, 0.05) is 19.1 Å². The van der Waals surface area contributed by atoms with Gasteiger partial charge in [-0.3, -0.25) is 0 Å². The SMILES string of the molecule is NC1CCN(c2nncs2)C1. The van der Waals surface area contributed by atoms with E-state index in [-0.39, 0.29) is 0 Å². The maximum absolute atomic E-state index is 5.75. The monoisotopic (exact) mass is 170 g/mol. The van der Waals surface area contributed by atoms with Gasteiger partial charge < -0.3 is 10.6 Å². The third-order valence-corrected chi connectivity index (χ3v) is 2.59. The number of nitrogens with two attached hydrogens (primary N) is 1. The molecule has 0 bridgehead atoms. The molecule has 4 nitrogen and oxygen atoms in total. The molecule has 5 heteroatoms. The van der Waals surface area contributed by atoms with E-state index in [1.807, 2.05) is 0 Å². The molecule has 0 saturated carbocycles. The molecular weight excluding hydrogens is 160 g/mol. The van der Waals surface area contributed by atoms with Crippen LogP contribution in [0.5, 0.6) is 0 Å². The lowest BCUT2D eigenvalue weighted by Crippen LogP contribution is -2.26. The summed E-state index contributed by atoms with van der Waals surface area (Å²) in [7, 11) is 0. The molecule has 1 aromatic heterocycles. The second-order valence-electron chi connectivity index (χ2n) is 2.72. The minimum atomic E-state index is 0.318. The molecule has 1 aromatic rings. The molecule has 0 aromatic carbocycles. The Labute approximate surface area is 69.0 Å². The lowest BCUT2D eigenvalue weighted by Gasteiger charge is -2.11. The highest BCUT2D eigenvalue weighted by Crippen LogP contribution is 2.19. The Morgan fingerprint density at radius 1 is 1.73 bits per heavy atom. The van der Waals surface area contributed by atoms with E-state index in [0.29, 0.717) is 6.04 Å². The molecule has 2 N–H and O–H groups in total. The molecule has 0 aliphatic carbocycles. The third kappa shape index (κ3) is 1.34. The van der Waals surface area contributed by atoms with Gasteiger partial charge in [0.15, 0.2) is 0 Å². The van der Waals surface area contributed by atoms with Crippen LogP contribution in [-0.2, 0) is 0 Å². The number of hydrogen-bond acceptors (Lipinski definition) is 5. The van der Waals surface area contributed by atoms with Crippen molar-refractivity contribution in [2.24, 2.45) is 5.73 Å². The molecule has 1 aliphatic rings. The molecule has 1 saturated heterocycles. The first-order valence-electron chi connectivity index (χ1n) is 3.63. The van der Waals surface area contributed by atoms with Crippen molar-refractivity contribution in [1.29, 1.82) is 0 Å². The summed E-state index contributed by atoms with van der Waals surface area (Å²) in [4.78, 5) is 2.18. The minimum Gasteiger partial charge on any atom is -0.345 e. The van der Waals surface area contributed by atoms with Crippen LogP contribution in [0.1, 0.15) is 6.42 Å². The fourth-order valence-corrected chi connectivity index (χ4v) is 1.86. The molecular formula is C6H10N4S. The van der Waals surface area contributed by atoms with Gasteiger partial charge >= 0.3 is 0 Å². The zero-order valence-corrected chi connectivity index (χ0v) is 6.92. The van der Waals surface area contributed by atoms with Crippen LogP contribution in [0.15, 0.2) is 5.51 Å². The molecule has 2 heterocycles. The van der Waals surface area contributed by atoms with E-state index in [4.69, 9.17) is 5.73 Å². The van der Waals surface area contributed by atoms with Crippen molar-refractivity contribution >= 4 is 16.5 Å². The Bertz CT molecular complexity index is 222. The molecule has 0 spiro atoms. The van der Waals surface area contributed by atoms with Crippen molar-refractivity contribution in [3.63, 3.8) is 0 Å². The lowest BCUT2D eigenvalue weighted by molar-refractivity contribution is 0.751. The van der Waals surface area contributed by atoms with Gasteiger partial charge in [0.25, 0.3) is 0 Å². The molecule has 1 fully saturated rings. The summed E-state index contributed by atoms with van der Waals surface area (Å²) in [6.07, 6.45) is 1.07. The molecule has 0 radical (unpaired) electrons. The van der Waals surface area contributed by atoms with E-state index in [2.05, 4.69) is 15.1 Å². The molecule has 1 unspecified atom stereocenters. The molecule has 60 valence electrons. The number of rotatable bonds is 1. The van der Waals surface area contributed by atoms with Crippen LogP contribution >= 0.6 is 11.3 Å². The second-order valence-corrected chi connectivity index (χ2v) is 3.53. The number of nitrogens with zero attached hydrogens (tertiary/aromatic N) is 3. The predicted molar refractivity (Wildman–Crippen MR) is 44.7 cm³/mol. The Kier molecular flexibility index (Phi) is 1.75. The summed E-state index contributed by atoms with van der Waals surface area (Å²) in [6.45, 7) is 1.95. The van der Waals surface area contributed by atoms with Crippen molar-refractivity contribution < 1.29 is 0 Å². The highest BCUT2D eigenvalue weighted by atomic mass is 32.1. The van der Waals surface area contributed by atoms with Crippen LogP contribution < -0.4 is 10.6 Å². The maximum atomic E-state index is 5.75. The summed E-state index contributed by atoms with van der Waals surface area (Å²) in [6, 6.07) is 0.318. The molecule has 1 atom stereocenters. The third-order valence-electron chi connectivity index (χ3n) is 1.84. The number of hydrogen-bond donors (Lipinski definition) is 1. The standard InChI is InChI=1S/C6H10N4S/c7-5-1-2-10(3-5)6-9-8-4-11-6/h4-5H,1-3,7H2. The average molecular weight is 170 g/mol. The summed E-state index contributed by atoms with van der Waals surface area (Å²) in [5, 5.41) is 8.75. The van der Waals surface area contributed by atoms with Gasteiger partial charge in [-0.05, 0) is 6.42 Å². The predicted octanol–water partition coefficient (Wildman–Crippen LogP) is 0.0755. The van der Waals surface area contributed by atoms with E-state index < -0.39 is 0 Å². The molecule has 1 aliphatic heterocycles. The van der Waals surface area contributed by atoms with Gasteiger partial charge in [-0.25, -0.2) is 0 Å². The Morgan fingerprint density at radius 3 is 3.18 bits per heavy atom. The zero-order chi connectivity index (χ0) is 7.68. The minimum absolute atomic E-state index is 0.318. The van der Waals surface area contributed by atoms with Crippen molar-refractivity contribution in [1.82, 2.24) is 10.2 Å². The van der Waals surface area contributed by atoms with Gasteiger partial charge in [0.05, 0.1) is 0 Å². The first-order chi connectivity index (χ1) is 5.36. The fourth-order valence-electron chi connectivity index (χ4n) is 1.27. The van der Waals surface area contributed by atoms with Crippen molar-refractivity contribution in [3.8, 4) is 0 Å². The summed E-state index contributed by atoms with van der Waals surface area (Å²) < 4.78 is 0. The lowest BCUT2D eigenvalue weighted by atomic mass is 10.3. The first kappa shape index (κ1) is 7.00. The fraction of sp³-hybridized carbons (Fsp3) is 0.667. The van der Waals surface area contributed by atoms with E-state index >= 15 is 0 Å². The first-order valence-corrected chi connectivity index (χ1v) is 4.51. The summed E-state index contributed by atoms with van der Waals surface area (Å²) in [5.74, 6) is 0. The van der Waals surface area contributed by atoms with Crippen LogP contribution in [-0.4, -0.2) is 29.3 Å². The van der Waals surface area contributed by atoms with E-state index in [1.54, 1.807) is 16.8 Å². The summed E-state index contributed by atoms with van der Waals surface area (Å²) in [5.41, 5.74) is 7.50. The highest BCUT2D eigenvalue weighted by molar-refractivity contribution is 7.13. The largest absolute Gasteiger partial charge is 0.345 e. The Hall–Kier alpha value is -0.680. The number of aromatic nitrogens is 2. The van der Waals surface area contributed by atoms with Gasteiger partial charge in [-0.15, -0.1) is 10.2 Å². The zero-order valence-electron chi connectivity index (χ0n) is 6.10. The maximum Gasteiger partial charge on any atom is 0.208 e. The van der Waals surface area contributed by atoms with Crippen LogP contribution in [0, 0.1) is 0 Å². The number of anilines is 1. The van der Waals surface area contributed by atoms with Crippen LogP contribution in [0.3, 0.4) is 0 Å². The van der Waals surface area contributed by atoms with Gasteiger partial charge in [-0.1, -0.05) is 11.3 Å². The van der Waals surface area contributed by atoms with Gasteiger partial charge in [0.2, 0.25) is 5.13 Å². The smallest absolute Gasteiger partial charge is 0.208 e. The summed E-state index contributed by atoms with van der Waals surface area (Å²) >= 11 is 1.57. The van der Waals surface area contributed by atoms with Crippen molar-refractivity contribution in [2.75, 3.05) is 18.0 Å². The van der Waals surface area contributed by atoms with Crippen molar-refractivity contribution in [2.45, 2.75) is 12.5 Å². The average Bonchev–Trinajstić information content (AvgIpc) is 2.55. The van der Waals surface area contributed by atoms with E-state index in [9.17, 15) is 0 Å².